The molecular weight excluding hydrogens is 639 g/mol. The third-order valence-corrected chi connectivity index (χ3v) is 11.7. The summed E-state index contributed by atoms with van der Waals surface area (Å²) >= 11 is 0. The van der Waals surface area contributed by atoms with E-state index in [1.807, 2.05) is 0 Å². The second-order valence-electron chi connectivity index (χ2n) is 14.4. The monoisotopic (exact) mass is 670 g/mol. The zero-order valence-electron chi connectivity index (χ0n) is 28.9. The Balaban J connectivity index is 1.31. The molecule has 0 amide bonds. The fourth-order valence-electron chi connectivity index (χ4n) is 9.69. The van der Waals surface area contributed by atoms with Gasteiger partial charge < -0.3 is 9.38 Å². The second kappa shape index (κ2) is 10.8. The van der Waals surface area contributed by atoms with Crippen LogP contribution in [-0.4, -0.2) is 11.3 Å². The molecule has 9 aromatic carbocycles. The minimum atomic E-state index is -0.0202. The molecule has 0 saturated heterocycles. The summed E-state index contributed by atoms with van der Waals surface area (Å²) in [5, 5.41) is 7.67. The Morgan fingerprint density at radius 2 is 0.925 bits per heavy atom. The van der Waals surface area contributed by atoms with E-state index in [1.54, 1.807) is 0 Å². The molecule has 1 aromatic heterocycles. The van der Waals surface area contributed by atoms with Gasteiger partial charge in [0.25, 0.3) is 0 Å². The zero-order valence-corrected chi connectivity index (χ0v) is 28.9. The Morgan fingerprint density at radius 3 is 1.62 bits per heavy atom. The van der Waals surface area contributed by atoms with E-state index in [0.717, 1.165) is 5.69 Å². The SMILES string of the molecule is c1ccc(-c2c3ccccc3c(-c3ccccc3)c3cc4c(cc23)B2c3c(cccc3N4c3ccccc3)-c3cccc4c5ccccc5n2c34)cc1. The van der Waals surface area contributed by atoms with Gasteiger partial charge in [0.05, 0.1) is 0 Å². The molecule has 2 aliphatic heterocycles. The molecule has 3 heteroatoms. The highest BCUT2D eigenvalue weighted by molar-refractivity contribution is 6.90. The second-order valence-corrected chi connectivity index (χ2v) is 14.4. The molecule has 0 fully saturated rings. The van der Waals surface area contributed by atoms with Crippen molar-refractivity contribution in [3.8, 4) is 33.4 Å². The smallest absolute Gasteiger partial charge is 0.333 e. The Kier molecular flexibility index (Phi) is 5.89. The van der Waals surface area contributed by atoms with Crippen LogP contribution in [0, 0.1) is 0 Å². The van der Waals surface area contributed by atoms with Gasteiger partial charge in [-0.25, -0.2) is 0 Å². The maximum atomic E-state index is 2.65. The van der Waals surface area contributed by atoms with Crippen LogP contribution in [0.1, 0.15) is 0 Å². The lowest BCUT2D eigenvalue weighted by molar-refractivity contribution is 1.26. The summed E-state index contributed by atoms with van der Waals surface area (Å²) in [5.41, 5.74) is 16.5. The van der Waals surface area contributed by atoms with Gasteiger partial charge in [-0.15, -0.1) is 0 Å². The summed E-state index contributed by atoms with van der Waals surface area (Å²) < 4.78 is 2.65. The molecule has 0 radical (unpaired) electrons. The van der Waals surface area contributed by atoms with Crippen molar-refractivity contribution in [2.24, 2.45) is 0 Å². The number of fused-ring (bicyclic) bond motifs is 9. The molecule has 2 aliphatic rings. The van der Waals surface area contributed by atoms with Crippen LogP contribution in [0.3, 0.4) is 0 Å². The minimum Gasteiger partial charge on any atom is -0.375 e. The van der Waals surface area contributed by atoms with Gasteiger partial charge >= 0.3 is 6.85 Å². The Hall–Kier alpha value is -6.84. The number of hydrogen-bond acceptors (Lipinski definition) is 1. The molecule has 0 atom stereocenters. The maximum absolute atomic E-state index is 2.65. The van der Waals surface area contributed by atoms with E-state index in [-0.39, 0.29) is 6.85 Å². The minimum absolute atomic E-state index is 0.0202. The molecule has 0 aliphatic carbocycles. The van der Waals surface area contributed by atoms with Gasteiger partial charge in [0.1, 0.15) is 0 Å². The van der Waals surface area contributed by atoms with Crippen molar-refractivity contribution in [2.45, 2.75) is 0 Å². The van der Waals surface area contributed by atoms with E-state index in [1.165, 1.54) is 99.0 Å². The first-order valence-corrected chi connectivity index (χ1v) is 18.5. The van der Waals surface area contributed by atoms with Crippen LogP contribution in [0.25, 0.3) is 76.7 Å². The molecule has 53 heavy (non-hydrogen) atoms. The van der Waals surface area contributed by atoms with Gasteiger partial charge in [-0.05, 0) is 90.6 Å². The van der Waals surface area contributed by atoms with Crippen molar-refractivity contribution >= 4 is 78.2 Å². The molecule has 2 nitrogen and oxygen atoms in total. The van der Waals surface area contributed by atoms with Crippen LogP contribution in [0.4, 0.5) is 17.1 Å². The predicted octanol–water partition coefficient (Wildman–Crippen LogP) is 11.9. The van der Waals surface area contributed by atoms with Crippen LogP contribution in [0.2, 0.25) is 0 Å². The Bertz CT molecular complexity index is 3110. The predicted molar refractivity (Wildman–Crippen MR) is 226 cm³/mol. The van der Waals surface area contributed by atoms with E-state index in [0.29, 0.717) is 0 Å². The highest BCUT2D eigenvalue weighted by Crippen LogP contribution is 2.49. The number of benzene rings is 9. The summed E-state index contributed by atoms with van der Waals surface area (Å²) in [7, 11) is 0. The molecule has 12 rings (SSSR count). The van der Waals surface area contributed by atoms with Crippen molar-refractivity contribution < 1.29 is 0 Å². The van der Waals surface area contributed by atoms with Crippen molar-refractivity contribution in [3.05, 3.63) is 188 Å². The first-order chi connectivity index (χ1) is 26.3. The molecule has 244 valence electrons. The number of aromatic nitrogens is 1. The van der Waals surface area contributed by atoms with Gasteiger partial charge in [-0.1, -0.05) is 158 Å². The number of nitrogens with zero attached hydrogens (tertiary/aromatic N) is 2. The summed E-state index contributed by atoms with van der Waals surface area (Å²) in [6.45, 7) is -0.0202. The Morgan fingerprint density at radius 1 is 0.377 bits per heavy atom. The van der Waals surface area contributed by atoms with E-state index in [4.69, 9.17) is 0 Å². The quantitative estimate of drug-likeness (QED) is 0.134. The molecule has 3 heterocycles. The molecular formula is C50H31BN2. The van der Waals surface area contributed by atoms with Crippen LogP contribution in [0.15, 0.2) is 188 Å². The molecule has 0 spiro atoms. The highest BCUT2D eigenvalue weighted by atomic mass is 15.2. The molecule has 0 saturated carbocycles. The number of anilines is 3. The molecule has 0 N–H and O–H groups in total. The van der Waals surface area contributed by atoms with Crippen molar-refractivity contribution in [1.29, 1.82) is 0 Å². The normalized spacial score (nSPS) is 12.8. The van der Waals surface area contributed by atoms with Crippen LogP contribution in [-0.2, 0) is 0 Å². The van der Waals surface area contributed by atoms with Gasteiger partial charge in [0.2, 0.25) is 0 Å². The lowest BCUT2D eigenvalue weighted by Gasteiger charge is -2.41. The van der Waals surface area contributed by atoms with Crippen molar-refractivity contribution in [2.75, 3.05) is 4.90 Å². The first-order valence-electron chi connectivity index (χ1n) is 18.5. The fraction of sp³-hybridized carbons (Fsp3) is 0. The average Bonchev–Trinajstić information content (AvgIpc) is 3.56. The van der Waals surface area contributed by atoms with E-state index >= 15 is 0 Å². The molecule has 0 unspecified atom stereocenters. The summed E-state index contributed by atoms with van der Waals surface area (Å²) in [6.07, 6.45) is 0. The van der Waals surface area contributed by atoms with E-state index < -0.39 is 0 Å². The Labute approximate surface area is 307 Å². The standard InChI is InChI=1S/C50H31BN2/c1-4-16-32(17-5-1)47-36-23-10-11-24-37(36)48(33-18-6-2-7-19-33)42-31-46-43(30-41(42)47)51-49-38(25-15-29-45(49)52(46)34-20-8-3-9-21-34)40-27-14-26-39-35-22-12-13-28-44(35)53(51)50(39)40/h1-31H. The first kappa shape index (κ1) is 28.8. The summed E-state index contributed by atoms with van der Waals surface area (Å²) in [6, 6.07) is 69.7. The van der Waals surface area contributed by atoms with Crippen LogP contribution < -0.4 is 15.8 Å². The lowest BCUT2D eigenvalue weighted by Crippen LogP contribution is -2.56. The maximum Gasteiger partial charge on any atom is 0.333 e. The lowest BCUT2D eigenvalue weighted by atomic mass is 9.45. The van der Waals surface area contributed by atoms with Crippen LogP contribution >= 0.6 is 0 Å². The largest absolute Gasteiger partial charge is 0.375 e. The zero-order chi connectivity index (χ0) is 34.6. The van der Waals surface area contributed by atoms with Gasteiger partial charge in [-0.3, -0.25) is 0 Å². The fourth-order valence-corrected chi connectivity index (χ4v) is 9.69. The highest BCUT2D eigenvalue weighted by Gasteiger charge is 2.43. The summed E-state index contributed by atoms with van der Waals surface area (Å²) in [4.78, 5) is 2.52. The molecule has 0 bridgehead atoms. The van der Waals surface area contributed by atoms with Gasteiger partial charge in [0, 0.05) is 44.4 Å². The molecule has 10 aromatic rings. The topological polar surface area (TPSA) is 8.17 Å². The number of hydrogen-bond donors (Lipinski definition) is 0. The van der Waals surface area contributed by atoms with Crippen molar-refractivity contribution in [1.82, 2.24) is 4.48 Å². The van der Waals surface area contributed by atoms with E-state index in [9.17, 15) is 0 Å². The van der Waals surface area contributed by atoms with Gasteiger partial charge in [0.15, 0.2) is 0 Å². The third kappa shape index (κ3) is 3.89. The number of para-hydroxylation sites is 3. The van der Waals surface area contributed by atoms with Gasteiger partial charge in [-0.2, -0.15) is 0 Å². The van der Waals surface area contributed by atoms with Crippen LogP contribution in [0.5, 0.6) is 0 Å². The third-order valence-electron chi connectivity index (χ3n) is 11.7. The van der Waals surface area contributed by atoms with Crippen molar-refractivity contribution in [3.63, 3.8) is 0 Å². The average molecular weight is 671 g/mol. The summed E-state index contributed by atoms with van der Waals surface area (Å²) in [5.74, 6) is 0. The van der Waals surface area contributed by atoms with E-state index in [2.05, 4.69) is 197 Å². The number of rotatable bonds is 3.